The number of unbranched alkanes of at least 4 members (excludes halogenated alkanes) is 17. The maximum Gasteiger partial charge on any atom is 0.220 e. The number of ether oxygens (including phenoxy) is 2. The lowest BCUT2D eigenvalue weighted by molar-refractivity contribution is -0.302. The van der Waals surface area contributed by atoms with Gasteiger partial charge in [-0.05, 0) is 122 Å². The molecule has 9 nitrogen and oxygen atoms in total. The summed E-state index contributed by atoms with van der Waals surface area (Å²) in [5, 5.41) is 54.4. The molecule has 1 rings (SSSR count). The molecule has 0 bridgehead atoms. The van der Waals surface area contributed by atoms with Gasteiger partial charge < -0.3 is 40.3 Å². The lowest BCUT2D eigenvalue weighted by atomic mass is 9.99. The lowest BCUT2D eigenvalue weighted by Gasteiger charge is -2.40. The highest BCUT2D eigenvalue weighted by Crippen LogP contribution is 2.23. The summed E-state index contributed by atoms with van der Waals surface area (Å²) in [6.07, 6.45) is 83.2. The van der Waals surface area contributed by atoms with Crippen molar-refractivity contribution in [2.45, 2.75) is 262 Å². The summed E-state index contributed by atoms with van der Waals surface area (Å²) in [5.41, 5.74) is 0. The van der Waals surface area contributed by atoms with Gasteiger partial charge in [-0.3, -0.25) is 4.79 Å². The zero-order valence-corrected chi connectivity index (χ0v) is 49.6. The standard InChI is InChI=1S/C70H113NO8/c1-3-5-7-9-11-13-15-17-19-20-21-22-23-24-25-26-27-28-29-30-31-32-33-34-35-36-37-38-39-40-41-42-43-44-46-48-50-52-54-56-58-60-66(74)71-63(62-78-70-69(77)68(76)67(75)65(61-72)79-70)64(73)59-57-55-53-51-49-47-45-18-16-14-12-10-8-6-4-2/h5,7,11,13,16-19,21-22,24-25,27-28,30-31,33-34,36-37,39-40,49,51,57,59,63-65,67-70,72-73,75-77H,3-4,6,8-10,12,14-15,20,23,26,29,32,35,38,41-48,50,52-56,58,60-62H2,1-2H3,(H,71,74)/b7-5-,13-11-,18-16+,19-17-,22-21-,25-24-,28-27-,31-30-,34-33-,37-36-,40-39-,51-49+,59-57+. The number of hydrogen-bond donors (Lipinski definition) is 6. The van der Waals surface area contributed by atoms with E-state index in [-0.39, 0.29) is 12.5 Å². The Balaban J connectivity index is 2.16. The zero-order valence-electron chi connectivity index (χ0n) is 49.6. The Bertz CT molecular complexity index is 1800. The molecule has 0 radical (unpaired) electrons. The molecule has 7 unspecified atom stereocenters. The van der Waals surface area contributed by atoms with Gasteiger partial charge in [-0.1, -0.05) is 249 Å². The summed E-state index contributed by atoms with van der Waals surface area (Å²) < 4.78 is 11.2. The molecule has 1 amide bonds. The molecule has 1 heterocycles. The quantitative estimate of drug-likeness (QED) is 0.0261. The first-order valence-electron chi connectivity index (χ1n) is 31.2. The maximum atomic E-state index is 13.1. The molecule has 0 aromatic rings. The van der Waals surface area contributed by atoms with Crippen LogP contribution < -0.4 is 5.32 Å². The van der Waals surface area contributed by atoms with Crippen LogP contribution in [0.5, 0.6) is 0 Å². The van der Waals surface area contributed by atoms with Crippen molar-refractivity contribution in [3.05, 3.63) is 158 Å². The Labute approximate surface area is 482 Å². The number of nitrogens with one attached hydrogen (secondary N) is 1. The van der Waals surface area contributed by atoms with Crippen LogP contribution >= 0.6 is 0 Å². The van der Waals surface area contributed by atoms with Crippen molar-refractivity contribution >= 4 is 5.91 Å². The molecular formula is C70H113NO8. The second kappa shape index (κ2) is 57.1. The average Bonchev–Trinajstić information content (AvgIpc) is 3.46. The Morgan fingerprint density at radius 3 is 1.22 bits per heavy atom. The first-order valence-corrected chi connectivity index (χ1v) is 31.2. The van der Waals surface area contributed by atoms with E-state index < -0.39 is 49.5 Å². The third-order valence-electron chi connectivity index (χ3n) is 13.6. The van der Waals surface area contributed by atoms with Crippen LogP contribution in [0.25, 0.3) is 0 Å². The van der Waals surface area contributed by atoms with Crippen molar-refractivity contribution in [3.63, 3.8) is 0 Å². The van der Waals surface area contributed by atoms with E-state index in [9.17, 15) is 30.3 Å². The minimum Gasteiger partial charge on any atom is -0.394 e. The molecule has 7 atom stereocenters. The molecule has 9 heteroatoms. The molecule has 79 heavy (non-hydrogen) atoms. The molecule has 0 spiro atoms. The number of allylic oxidation sites excluding steroid dienone is 25. The predicted molar refractivity (Wildman–Crippen MR) is 336 cm³/mol. The molecule has 446 valence electrons. The van der Waals surface area contributed by atoms with E-state index in [1.807, 2.05) is 6.08 Å². The maximum absolute atomic E-state index is 13.1. The van der Waals surface area contributed by atoms with E-state index in [1.54, 1.807) is 6.08 Å². The van der Waals surface area contributed by atoms with Crippen LogP contribution in [0.2, 0.25) is 0 Å². The monoisotopic (exact) mass is 1100 g/mol. The molecule has 1 aliphatic heterocycles. The fourth-order valence-electron chi connectivity index (χ4n) is 8.69. The normalized spacial score (nSPS) is 19.7. The van der Waals surface area contributed by atoms with Gasteiger partial charge in [-0.15, -0.1) is 0 Å². The predicted octanol–water partition coefficient (Wildman–Crippen LogP) is 16.4. The van der Waals surface area contributed by atoms with Crippen molar-refractivity contribution in [3.8, 4) is 0 Å². The van der Waals surface area contributed by atoms with Crippen LogP contribution in [0.3, 0.4) is 0 Å². The highest BCUT2D eigenvalue weighted by molar-refractivity contribution is 5.76. The average molecular weight is 1100 g/mol. The molecule has 0 aromatic heterocycles. The van der Waals surface area contributed by atoms with Crippen LogP contribution in [0.4, 0.5) is 0 Å². The largest absolute Gasteiger partial charge is 0.394 e. The van der Waals surface area contributed by atoms with Gasteiger partial charge in [0, 0.05) is 6.42 Å². The van der Waals surface area contributed by atoms with Gasteiger partial charge in [-0.25, -0.2) is 0 Å². The van der Waals surface area contributed by atoms with Gasteiger partial charge in [0.25, 0.3) is 0 Å². The molecule has 1 saturated heterocycles. The first kappa shape index (κ1) is 72.8. The zero-order chi connectivity index (χ0) is 57.2. The second-order valence-electron chi connectivity index (χ2n) is 20.7. The smallest absolute Gasteiger partial charge is 0.220 e. The Morgan fingerprint density at radius 1 is 0.443 bits per heavy atom. The van der Waals surface area contributed by atoms with E-state index in [2.05, 4.69) is 165 Å². The fraction of sp³-hybridized carbons (Fsp3) is 0.614. The van der Waals surface area contributed by atoms with Crippen LogP contribution in [0.15, 0.2) is 158 Å². The minimum absolute atomic E-state index is 0.203. The number of carbonyl (C=O) groups excluding carboxylic acids is 1. The van der Waals surface area contributed by atoms with Crippen LogP contribution in [0.1, 0.15) is 219 Å². The van der Waals surface area contributed by atoms with Crippen molar-refractivity contribution in [2.24, 2.45) is 0 Å². The third-order valence-corrected chi connectivity index (χ3v) is 13.6. The van der Waals surface area contributed by atoms with E-state index in [0.717, 1.165) is 128 Å². The van der Waals surface area contributed by atoms with Gasteiger partial charge in [0.05, 0.1) is 25.4 Å². The van der Waals surface area contributed by atoms with Crippen molar-refractivity contribution in [2.75, 3.05) is 13.2 Å². The van der Waals surface area contributed by atoms with Crippen molar-refractivity contribution in [1.29, 1.82) is 0 Å². The summed E-state index contributed by atoms with van der Waals surface area (Å²) >= 11 is 0. The van der Waals surface area contributed by atoms with Crippen molar-refractivity contribution < 1.29 is 39.8 Å². The van der Waals surface area contributed by atoms with E-state index >= 15 is 0 Å². The highest BCUT2D eigenvalue weighted by atomic mass is 16.7. The number of aliphatic hydroxyl groups is 5. The molecular weight excluding hydrogens is 983 g/mol. The Hall–Kier alpha value is -4.19. The first-order chi connectivity index (χ1) is 38.8. The molecule has 1 aliphatic rings. The summed E-state index contributed by atoms with van der Waals surface area (Å²) in [4.78, 5) is 13.1. The van der Waals surface area contributed by atoms with E-state index in [4.69, 9.17) is 9.47 Å². The molecule has 0 aromatic carbocycles. The number of amides is 1. The lowest BCUT2D eigenvalue weighted by Crippen LogP contribution is -2.60. The molecule has 1 fully saturated rings. The van der Waals surface area contributed by atoms with E-state index in [1.165, 1.54) is 70.6 Å². The summed E-state index contributed by atoms with van der Waals surface area (Å²) in [5.74, 6) is -0.203. The number of rotatable bonds is 51. The Morgan fingerprint density at radius 2 is 0.797 bits per heavy atom. The molecule has 0 aliphatic carbocycles. The summed E-state index contributed by atoms with van der Waals surface area (Å²) in [6, 6.07) is -0.841. The fourth-order valence-corrected chi connectivity index (χ4v) is 8.69. The van der Waals surface area contributed by atoms with Crippen LogP contribution in [0, 0.1) is 0 Å². The number of hydrogen-bond acceptors (Lipinski definition) is 8. The second-order valence-corrected chi connectivity index (χ2v) is 20.7. The third kappa shape index (κ3) is 46.2. The van der Waals surface area contributed by atoms with Gasteiger partial charge >= 0.3 is 0 Å². The number of carbonyl (C=O) groups is 1. The van der Waals surface area contributed by atoms with Crippen LogP contribution in [-0.4, -0.2) is 87.5 Å². The van der Waals surface area contributed by atoms with Gasteiger partial charge in [0.15, 0.2) is 6.29 Å². The highest BCUT2D eigenvalue weighted by Gasteiger charge is 2.44. The molecule has 6 N–H and O–H groups in total. The Kier molecular flexibility index (Phi) is 52.6. The minimum atomic E-state index is -1.58. The van der Waals surface area contributed by atoms with E-state index in [0.29, 0.717) is 6.42 Å². The molecule has 0 saturated carbocycles. The van der Waals surface area contributed by atoms with Gasteiger partial charge in [0.1, 0.15) is 24.4 Å². The van der Waals surface area contributed by atoms with Crippen molar-refractivity contribution in [1.82, 2.24) is 5.32 Å². The van der Waals surface area contributed by atoms with Gasteiger partial charge in [0.2, 0.25) is 5.91 Å². The summed E-state index contributed by atoms with van der Waals surface area (Å²) in [7, 11) is 0. The number of aliphatic hydroxyl groups excluding tert-OH is 5. The summed E-state index contributed by atoms with van der Waals surface area (Å²) in [6.45, 7) is 3.61. The SMILES string of the molecule is CC/C=C\C/C=C\C/C=C\C/C=C\C/C=C\C/C=C\C/C=C\C/C=C\C/C=C\C/C=C\CCCCCCCCCCCCC(=O)NC(COC1OC(CO)C(O)C(O)C1O)C(O)/C=C/CC/C=C/CC/C=C/CCCCCCC. The topological polar surface area (TPSA) is 149 Å². The van der Waals surface area contributed by atoms with Gasteiger partial charge in [-0.2, -0.15) is 0 Å². The van der Waals surface area contributed by atoms with Crippen LogP contribution in [-0.2, 0) is 14.3 Å².